The van der Waals surface area contributed by atoms with Crippen molar-refractivity contribution < 1.29 is 18.0 Å². The van der Waals surface area contributed by atoms with E-state index in [-0.39, 0.29) is 47.1 Å². The van der Waals surface area contributed by atoms with Gasteiger partial charge >= 0.3 is 0 Å². The van der Waals surface area contributed by atoms with Crippen LogP contribution in [-0.2, 0) is 14.8 Å². The SMILES string of the molecule is C=N/C(Cl)=C\C=C(/C)CNC(=O)[C@H]1CCCN1C(=O)c1cccc(S(=O)(=O)N2CC(C#N)C2)c1. The van der Waals surface area contributed by atoms with Crippen molar-refractivity contribution in [3.63, 3.8) is 0 Å². The van der Waals surface area contributed by atoms with Gasteiger partial charge in [0.15, 0.2) is 0 Å². The molecular weight excluding hydrogens is 478 g/mol. The van der Waals surface area contributed by atoms with Gasteiger partial charge in [-0.15, -0.1) is 0 Å². The van der Waals surface area contributed by atoms with Gasteiger partial charge in [-0.3, -0.25) is 14.6 Å². The van der Waals surface area contributed by atoms with Crippen LogP contribution in [-0.4, -0.2) is 68.4 Å². The van der Waals surface area contributed by atoms with E-state index in [0.29, 0.717) is 19.4 Å². The summed E-state index contributed by atoms with van der Waals surface area (Å²) < 4.78 is 26.8. The first-order valence-corrected chi connectivity index (χ1v) is 12.6. The Balaban J connectivity index is 1.68. The lowest BCUT2D eigenvalue weighted by Gasteiger charge is -2.34. The monoisotopic (exact) mass is 503 g/mol. The molecule has 2 fully saturated rings. The molecule has 0 bridgehead atoms. The Bertz CT molecular complexity index is 1180. The van der Waals surface area contributed by atoms with E-state index < -0.39 is 22.0 Å². The number of amides is 2. The van der Waals surface area contributed by atoms with Crippen LogP contribution in [0, 0.1) is 17.2 Å². The smallest absolute Gasteiger partial charge is 0.254 e. The van der Waals surface area contributed by atoms with E-state index in [1.165, 1.54) is 27.4 Å². The molecule has 34 heavy (non-hydrogen) atoms. The quantitative estimate of drug-likeness (QED) is 0.331. The summed E-state index contributed by atoms with van der Waals surface area (Å²) in [6, 6.07) is 7.22. The molecule has 0 unspecified atom stereocenters. The van der Waals surface area contributed by atoms with Gasteiger partial charge in [0.2, 0.25) is 15.9 Å². The second-order valence-electron chi connectivity index (χ2n) is 8.21. The zero-order valence-corrected chi connectivity index (χ0v) is 20.3. The molecule has 1 aromatic rings. The number of hydrogen-bond acceptors (Lipinski definition) is 6. The van der Waals surface area contributed by atoms with Crippen molar-refractivity contribution >= 4 is 40.2 Å². The molecule has 0 aromatic heterocycles. The predicted molar refractivity (Wildman–Crippen MR) is 129 cm³/mol. The van der Waals surface area contributed by atoms with Crippen LogP contribution in [0.5, 0.6) is 0 Å². The molecule has 2 heterocycles. The van der Waals surface area contributed by atoms with Crippen molar-refractivity contribution in [3.8, 4) is 6.07 Å². The van der Waals surface area contributed by atoms with Crippen LogP contribution in [0.15, 0.2) is 57.0 Å². The molecule has 9 nitrogen and oxygen atoms in total. The van der Waals surface area contributed by atoms with Crippen molar-refractivity contribution in [2.24, 2.45) is 10.9 Å². The number of benzene rings is 1. The summed E-state index contributed by atoms with van der Waals surface area (Å²) in [6.07, 6.45) is 4.48. The third-order valence-corrected chi connectivity index (χ3v) is 7.84. The number of rotatable bonds is 8. The summed E-state index contributed by atoms with van der Waals surface area (Å²) >= 11 is 5.77. The number of halogens is 1. The molecule has 2 saturated heterocycles. The van der Waals surface area contributed by atoms with Crippen LogP contribution < -0.4 is 5.32 Å². The minimum atomic E-state index is -3.79. The Morgan fingerprint density at radius 3 is 2.76 bits per heavy atom. The van der Waals surface area contributed by atoms with E-state index >= 15 is 0 Å². The molecule has 0 saturated carbocycles. The van der Waals surface area contributed by atoms with Crippen LogP contribution in [0.1, 0.15) is 30.1 Å². The van der Waals surface area contributed by atoms with E-state index in [0.717, 1.165) is 5.57 Å². The van der Waals surface area contributed by atoms with Gasteiger partial charge in [-0.1, -0.05) is 29.3 Å². The maximum atomic E-state index is 13.2. The highest BCUT2D eigenvalue weighted by molar-refractivity contribution is 7.89. The third-order valence-electron chi connectivity index (χ3n) is 5.76. The highest BCUT2D eigenvalue weighted by Crippen LogP contribution is 2.26. The molecule has 180 valence electrons. The number of allylic oxidation sites excluding steroid dienone is 2. The largest absolute Gasteiger partial charge is 0.351 e. The Hall–Kier alpha value is -3.00. The number of likely N-dealkylation sites (tertiary alicyclic amines) is 1. The summed E-state index contributed by atoms with van der Waals surface area (Å²) in [6.45, 7) is 6.12. The number of nitriles is 1. The van der Waals surface area contributed by atoms with Gasteiger partial charge < -0.3 is 10.2 Å². The van der Waals surface area contributed by atoms with Crippen LogP contribution in [0.4, 0.5) is 0 Å². The molecule has 0 spiro atoms. The molecule has 1 aromatic carbocycles. The van der Waals surface area contributed by atoms with Crippen molar-refractivity contribution in [3.05, 3.63) is 52.7 Å². The Kier molecular flexibility index (Phi) is 8.25. The summed E-state index contributed by atoms with van der Waals surface area (Å²) in [5.41, 5.74) is 1.04. The maximum Gasteiger partial charge on any atom is 0.254 e. The maximum absolute atomic E-state index is 13.2. The van der Waals surface area contributed by atoms with Crippen molar-refractivity contribution in [2.45, 2.75) is 30.7 Å². The number of nitrogens with one attached hydrogen (secondary N) is 1. The second kappa shape index (κ2) is 11.0. The Labute approximate surface area is 204 Å². The normalized spacial score (nSPS) is 19.9. The van der Waals surface area contributed by atoms with Gasteiger partial charge in [-0.2, -0.15) is 9.57 Å². The van der Waals surface area contributed by atoms with Gasteiger partial charge in [0.05, 0.1) is 16.9 Å². The van der Waals surface area contributed by atoms with Crippen LogP contribution in [0.3, 0.4) is 0 Å². The van der Waals surface area contributed by atoms with Crippen molar-refractivity contribution in [1.29, 1.82) is 5.26 Å². The number of carbonyl (C=O) groups excluding carboxylic acids is 2. The fraction of sp³-hybridized carbons (Fsp3) is 0.391. The molecule has 2 amide bonds. The first-order valence-electron chi connectivity index (χ1n) is 10.8. The Morgan fingerprint density at radius 2 is 2.09 bits per heavy atom. The molecule has 1 atom stereocenters. The molecule has 0 aliphatic carbocycles. The van der Waals surface area contributed by atoms with E-state index in [1.807, 2.05) is 13.0 Å². The first-order chi connectivity index (χ1) is 16.2. The standard InChI is InChI=1S/C23H26ClN5O4S/c1-16(8-9-21(24)26-2)13-27-22(30)20-7-4-10-29(20)23(31)18-5-3-6-19(11-18)34(32,33)28-14-17(12-25)15-28/h3,5-6,8-9,11,17,20H,2,4,7,10,13-15H2,1H3,(H,27,30)/b16-8+,21-9-/t20-/m1/s1. The van der Waals surface area contributed by atoms with E-state index in [4.69, 9.17) is 16.9 Å². The highest BCUT2D eigenvalue weighted by Gasteiger charge is 2.38. The molecule has 1 N–H and O–H groups in total. The first kappa shape index (κ1) is 25.6. The average Bonchev–Trinajstić information content (AvgIpc) is 3.29. The number of hydrogen-bond donors (Lipinski definition) is 1. The lowest BCUT2D eigenvalue weighted by molar-refractivity contribution is -0.124. The average molecular weight is 504 g/mol. The third kappa shape index (κ3) is 5.73. The summed E-state index contributed by atoms with van der Waals surface area (Å²) in [7, 11) is -3.79. The van der Waals surface area contributed by atoms with Gasteiger partial charge in [0.25, 0.3) is 5.91 Å². The van der Waals surface area contributed by atoms with Gasteiger partial charge in [-0.05, 0) is 50.8 Å². The minimum Gasteiger partial charge on any atom is -0.351 e. The van der Waals surface area contributed by atoms with Gasteiger partial charge in [0.1, 0.15) is 11.2 Å². The molecular formula is C23H26ClN5O4S. The minimum absolute atomic E-state index is 0.00331. The predicted octanol–water partition coefficient (Wildman–Crippen LogP) is 2.28. The van der Waals surface area contributed by atoms with Crippen LogP contribution in [0.2, 0.25) is 0 Å². The van der Waals surface area contributed by atoms with Crippen LogP contribution >= 0.6 is 11.6 Å². The summed E-state index contributed by atoms with van der Waals surface area (Å²) in [5.74, 6) is -0.983. The second-order valence-corrected chi connectivity index (χ2v) is 10.5. The molecule has 0 radical (unpaired) electrons. The van der Waals surface area contributed by atoms with E-state index in [9.17, 15) is 18.0 Å². The number of sulfonamides is 1. The van der Waals surface area contributed by atoms with E-state index in [2.05, 4.69) is 17.0 Å². The fourth-order valence-electron chi connectivity index (χ4n) is 3.77. The number of aliphatic imine (C=N–C) groups is 1. The number of nitrogens with zero attached hydrogens (tertiary/aromatic N) is 4. The highest BCUT2D eigenvalue weighted by atomic mass is 35.5. The lowest BCUT2D eigenvalue weighted by atomic mass is 10.1. The zero-order chi connectivity index (χ0) is 24.9. The van der Waals surface area contributed by atoms with Crippen LogP contribution in [0.25, 0.3) is 0 Å². The molecule has 2 aliphatic rings. The Morgan fingerprint density at radius 1 is 1.35 bits per heavy atom. The molecule has 2 aliphatic heterocycles. The zero-order valence-electron chi connectivity index (χ0n) is 18.8. The summed E-state index contributed by atoms with van der Waals surface area (Å²) in [5, 5.41) is 12.0. The van der Waals surface area contributed by atoms with Gasteiger partial charge in [0, 0.05) is 31.7 Å². The van der Waals surface area contributed by atoms with Crippen molar-refractivity contribution in [2.75, 3.05) is 26.2 Å². The topological polar surface area (TPSA) is 123 Å². The molecule has 11 heteroatoms. The van der Waals surface area contributed by atoms with E-state index in [1.54, 1.807) is 18.2 Å². The molecule has 3 rings (SSSR count). The summed E-state index contributed by atoms with van der Waals surface area (Å²) in [4.78, 5) is 31.0. The number of carbonyl (C=O) groups is 2. The lowest BCUT2D eigenvalue weighted by Crippen LogP contribution is -2.49. The van der Waals surface area contributed by atoms with Crippen molar-refractivity contribution in [1.82, 2.24) is 14.5 Å². The van der Waals surface area contributed by atoms with Gasteiger partial charge in [-0.25, -0.2) is 8.42 Å². The fourth-order valence-corrected chi connectivity index (χ4v) is 5.41.